The molecule has 0 bridgehead atoms. The lowest BCUT2D eigenvalue weighted by atomic mass is 10.2. The summed E-state index contributed by atoms with van der Waals surface area (Å²) in [4.78, 5) is 14.3. The third-order valence-electron chi connectivity index (χ3n) is 2.98. The molecule has 0 aliphatic rings. The van der Waals surface area contributed by atoms with Crippen LogP contribution in [0.3, 0.4) is 0 Å². The first kappa shape index (κ1) is 14.0. The Morgan fingerprint density at radius 3 is 3.00 bits per heavy atom. The second-order valence-electron chi connectivity index (χ2n) is 4.61. The fourth-order valence-corrected chi connectivity index (χ4v) is 3.67. The third-order valence-corrected chi connectivity index (χ3v) is 4.86. The number of nitrogens with zero attached hydrogens (tertiary/aromatic N) is 1. The predicted octanol–water partition coefficient (Wildman–Crippen LogP) is 3.75. The summed E-state index contributed by atoms with van der Waals surface area (Å²) in [5, 5.41) is 10.8. The maximum atomic E-state index is 11.8. The van der Waals surface area contributed by atoms with Crippen LogP contribution in [0.1, 0.15) is 21.1 Å². The van der Waals surface area contributed by atoms with Gasteiger partial charge in [-0.25, -0.2) is 0 Å². The first-order valence-corrected chi connectivity index (χ1v) is 8.31. The summed E-state index contributed by atoms with van der Waals surface area (Å²) in [6.45, 7) is 2.36. The first-order valence-electron chi connectivity index (χ1n) is 6.55. The largest absolute Gasteiger partial charge is 0.361 e. The number of hydrogen-bond acceptors (Lipinski definition) is 5. The smallest absolute Gasteiger partial charge is 0.273 e. The van der Waals surface area contributed by atoms with Crippen molar-refractivity contribution < 1.29 is 9.32 Å². The van der Waals surface area contributed by atoms with E-state index in [0.29, 0.717) is 18.0 Å². The van der Waals surface area contributed by atoms with E-state index < -0.39 is 0 Å². The summed E-state index contributed by atoms with van der Waals surface area (Å²) in [6, 6.07) is 8.00. The lowest BCUT2D eigenvalue weighted by molar-refractivity contribution is 0.0945. The molecule has 6 heteroatoms. The molecule has 108 valence electrons. The molecule has 0 atom stereocenters. The van der Waals surface area contributed by atoms with Crippen LogP contribution in [0, 0.1) is 6.92 Å². The van der Waals surface area contributed by atoms with E-state index in [1.165, 1.54) is 15.3 Å². The molecule has 3 heterocycles. The van der Waals surface area contributed by atoms with Crippen molar-refractivity contribution in [1.82, 2.24) is 10.5 Å². The van der Waals surface area contributed by atoms with Crippen LogP contribution in [0.4, 0.5) is 0 Å². The van der Waals surface area contributed by atoms with E-state index in [1.54, 1.807) is 35.7 Å². The molecule has 3 rings (SSSR count). The Morgan fingerprint density at radius 1 is 1.38 bits per heavy atom. The van der Waals surface area contributed by atoms with Gasteiger partial charge in [0, 0.05) is 27.9 Å². The van der Waals surface area contributed by atoms with Crippen molar-refractivity contribution in [2.45, 2.75) is 13.3 Å². The van der Waals surface area contributed by atoms with Gasteiger partial charge in [-0.05, 0) is 42.3 Å². The Kier molecular flexibility index (Phi) is 4.17. The molecule has 0 radical (unpaired) electrons. The highest BCUT2D eigenvalue weighted by molar-refractivity contribution is 7.16. The minimum absolute atomic E-state index is 0.193. The van der Waals surface area contributed by atoms with E-state index in [2.05, 4.69) is 39.4 Å². The van der Waals surface area contributed by atoms with Crippen LogP contribution >= 0.6 is 22.7 Å². The minimum atomic E-state index is -0.193. The SMILES string of the molecule is Cc1cc(C(=O)NCCc2ccc(-c3ccsc3)s2)no1. The van der Waals surface area contributed by atoms with Gasteiger partial charge in [-0.1, -0.05) is 5.16 Å². The first-order chi connectivity index (χ1) is 10.2. The highest BCUT2D eigenvalue weighted by atomic mass is 32.1. The zero-order valence-corrected chi connectivity index (χ0v) is 13.1. The monoisotopic (exact) mass is 318 g/mol. The van der Waals surface area contributed by atoms with Gasteiger partial charge < -0.3 is 9.84 Å². The van der Waals surface area contributed by atoms with Gasteiger partial charge in [0.1, 0.15) is 5.76 Å². The van der Waals surface area contributed by atoms with Crippen molar-refractivity contribution in [3.8, 4) is 10.4 Å². The van der Waals surface area contributed by atoms with Crippen LogP contribution < -0.4 is 5.32 Å². The van der Waals surface area contributed by atoms with Crippen LogP contribution in [-0.2, 0) is 6.42 Å². The molecule has 0 fully saturated rings. The summed E-state index contributed by atoms with van der Waals surface area (Å²) in [5.74, 6) is 0.445. The highest BCUT2D eigenvalue weighted by Crippen LogP contribution is 2.29. The number of rotatable bonds is 5. The molecule has 0 aliphatic heterocycles. The van der Waals surface area contributed by atoms with Gasteiger partial charge in [-0.2, -0.15) is 11.3 Å². The van der Waals surface area contributed by atoms with Crippen molar-refractivity contribution >= 4 is 28.6 Å². The summed E-state index contributed by atoms with van der Waals surface area (Å²) < 4.78 is 4.89. The zero-order valence-electron chi connectivity index (χ0n) is 11.5. The zero-order chi connectivity index (χ0) is 14.7. The molecule has 0 spiro atoms. The maximum absolute atomic E-state index is 11.8. The topological polar surface area (TPSA) is 55.1 Å². The number of hydrogen-bond donors (Lipinski definition) is 1. The average Bonchev–Trinajstić information content (AvgIpc) is 3.19. The molecule has 1 N–H and O–H groups in total. The molecule has 1 amide bonds. The minimum Gasteiger partial charge on any atom is -0.361 e. The van der Waals surface area contributed by atoms with Gasteiger partial charge in [0.15, 0.2) is 5.69 Å². The molecular weight excluding hydrogens is 304 g/mol. The third kappa shape index (κ3) is 3.40. The van der Waals surface area contributed by atoms with Crippen LogP contribution in [0.15, 0.2) is 39.5 Å². The van der Waals surface area contributed by atoms with Crippen molar-refractivity contribution in [3.05, 3.63) is 51.4 Å². The van der Waals surface area contributed by atoms with E-state index in [4.69, 9.17) is 4.52 Å². The Bertz CT molecular complexity index is 729. The van der Waals surface area contributed by atoms with Crippen LogP contribution in [-0.4, -0.2) is 17.6 Å². The molecule has 0 aromatic carbocycles. The standard InChI is InChI=1S/C15H14N2O2S2/c1-10-8-13(17-19-10)15(18)16-6-4-12-2-3-14(21-12)11-5-7-20-9-11/h2-3,5,7-9H,4,6H2,1H3,(H,16,18). The van der Waals surface area contributed by atoms with E-state index >= 15 is 0 Å². The Labute approximate surface area is 130 Å². The van der Waals surface area contributed by atoms with E-state index in [9.17, 15) is 4.79 Å². The number of nitrogens with one attached hydrogen (secondary N) is 1. The number of amides is 1. The molecule has 0 unspecified atom stereocenters. The van der Waals surface area contributed by atoms with Crippen LogP contribution in [0.25, 0.3) is 10.4 Å². The normalized spacial score (nSPS) is 10.7. The van der Waals surface area contributed by atoms with E-state index in [1.807, 2.05) is 0 Å². The number of thiophene rings is 2. The lowest BCUT2D eigenvalue weighted by Gasteiger charge is -2.00. The molecule has 4 nitrogen and oxygen atoms in total. The van der Waals surface area contributed by atoms with E-state index in [0.717, 1.165) is 6.42 Å². The molecule has 3 aromatic heterocycles. The Morgan fingerprint density at radius 2 is 2.29 bits per heavy atom. The number of carbonyl (C=O) groups is 1. The molecule has 3 aromatic rings. The summed E-state index contributed by atoms with van der Waals surface area (Å²) in [5.41, 5.74) is 1.59. The summed E-state index contributed by atoms with van der Waals surface area (Å²) in [6.07, 6.45) is 0.817. The number of aromatic nitrogens is 1. The molecule has 21 heavy (non-hydrogen) atoms. The van der Waals surface area contributed by atoms with Gasteiger partial charge in [0.25, 0.3) is 5.91 Å². The van der Waals surface area contributed by atoms with Gasteiger partial charge in [0.2, 0.25) is 0 Å². The fourth-order valence-electron chi connectivity index (χ4n) is 1.94. The Hall–Kier alpha value is -1.92. The second-order valence-corrected chi connectivity index (χ2v) is 6.56. The van der Waals surface area contributed by atoms with Gasteiger partial charge >= 0.3 is 0 Å². The quantitative estimate of drug-likeness (QED) is 0.779. The molecular formula is C15H14N2O2S2. The van der Waals surface area contributed by atoms with Crippen molar-refractivity contribution in [2.24, 2.45) is 0 Å². The summed E-state index contributed by atoms with van der Waals surface area (Å²) in [7, 11) is 0. The predicted molar refractivity (Wildman–Crippen MR) is 84.9 cm³/mol. The highest BCUT2D eigenvalue weighted by Gasteiger charge is 2.10. The Balaban J connectivity index is 1.53. The van der Waals surface area contributed by atoms with Crippen molar-refractivity contribution in [3.63, 3.8) is 0 Å². The van der Waals surface area contributed by atoms with Crippen LogP contribution in [0.2, 0.25) is 0 Å². The summed E-state index contributed by atoms with van der Waals surface area (Å²) >= 11 is 3.46. The van der Waals surface area contributed by atoms with Gasteiger partial charge in [-0.3, -0.25) is 4.79 Å². The fraction of sp³-hybridized carbons (Fsp3) is 0.200. The van der Waals surface area contributed by atoms with Crippen LogP contribution in [0.5, 0.6) is 0 Å². The maximum Gasteiger partial charge on any atom is 0.273 e. The van der Waals surface area contributed by atoms with Gasteiger partial charge in [-0.15, -0.1) is 11.3 Å². The molecule has 0 saturated carbocycles. The molecule has 0 aliphatic carbocycles. The van der Waals surface area contributed by atoms with Gasteiger partial charge in [0.05, 0.1) is 0 Å². The van der Waals surface area contributed by atoms with Crippen molar-refractivity contribution in [2.75, 3.05) is 6.54 Å². The van der Waals surface area contributed by atoms with E-state index in [-0.39, 0.29) is 5.91 Å². The second kappa shape index (κ2) is 6.24. The van der Waals surface area contributed by atoms with Crippen molar-refractivity contribution in [1.29, 1.82) is 0 Å². The average molecular weight is 318 g/mol. The number of carbonyl (C=O) groups excluding carboxylic acids is 1. The molecule has 0 saturated heterocycles. The number of aryl methyl sites for hydroxylation is 1. The lowest BCUT2D eigenvalue weighted by Crippen LogP contribution is -2.25.